The third-order valence-corrected chi connectivity index (χ3v) is 5.85. The van der Waals surface area contributed by atoms with Crippen LogP contribution in [0.4, 0.5) is 5.69 Å². The standard InChI is InChI=1S/C28H28N2O4/c1-5-19-9-12-21(13-10-19)30-25(22-8-6-7-15-29-22)24(27(32)28(30)33)26(31)20-11-14-23(18(4)16-20)34-17(2)3/h6-17,25,31H,5H2,1-4H3/b26-24-. The molecule has 1 aliphatic heterocycles. The minimum atomic E-state index is -0.847. The van der Waals surface area contributed by atoms with Crippen LogP contribution >= 0.6 is 0 Å². The van der Waals surface area contributed by atoms with Crippen LogP contribution in [0.1, 0.15) is 49.2 Å². The van der Waals surface area contributed by atoms with Crippen molar-refractivity contribution in [1.29, 1.82) is 0 Å². The molecular weight excluding hydrogens is 428 g/mol. The lowest BCUT2D eigenvalue weighted by molar-refractivity contribution is -0.132. The molecule has 0 spiro atoms. The van der Waals surface area contributed by atoms with Gasteiger partial charge in [-0.1, -0.05) is 25.1 Å². The summed E-state index contributed by atoms with van der Waals surface area (Å²) in [6.45, 7) is 7.80. The second kappa shape index (κ2) is 9.51. The zero-order valence-electron chi connectivity index (χ0n) is 19.8. The maximum atomic E-state index is 13.2. The van der Waals surface area contributed by atoms with E-state index in [4.69, 9.17) is 4.74 Å². The van der Waals surface area contributed by atoms with E-state index in [9.17, 15) is 14.7 Å². The number of amides is 1. The first-order valence-electron chi connectivity index (χ1n) is 11.4. The lowest BCUT2D eigenvalue weighted by atomic mass is 9.97. The van der Waals surface area contributed by atoms with Crippen LogP contribution in [-0.2, 0) is 16.0 Å². The van der Waals surface area contributed by atoms with E-state index >= 15 is 0 Å². The Kier molecular flexibility index (Phi) is 6.50. The molecule has 1 amide bonds. The number of carbonyl (C=O) groups is 2. The maximum absolute atomic E-state index is 13.2. The number of hydrogen-bond donors (Lipinski definition) is 1. The maximum Gasteiger partial charge on any atom is 0.300 e. The molecule has 1 aliphatic rings. The average molecular weight is 457 g/mol. The predicted molar refractivity (Wildman–Crippen MR) is 132 cm³/mol. The van der Waals surface area contributed by atoms with Crippen LogP contribution in [0.2, 0.25) is 0 Å². The fourth-order valence-corrected chi connectivity index (χ4v) is 4.15. The molecule has 0 saturated carbocycles. The van der Waals surface area contributed by atoms with Crippen molar-refractivity contribution in [3.8, 4) is 5.75 Å². The number of nitrogens with zero attached hydrogens (tertiary/aromatic N) is 2. The first-order chi connectivity index (χ1) is 16.3. The topological polar surface area (TPSA) is 79.7 Å². The Labute approximate surface area is 199 Å². The summed E-state index contributed by atoms with van der Waals surface area (Å²) in [5.74, 6) is -0.976. The molecule has 1 atom stereocenters. The highest BCUT2D eigenvalue weighted by Crippen LogP contribution is 2.41. The van der Waals surface area contributed by atoms with Gasteiger partial charge < -0.3 is 9.84 Å². The number of carbonyl (C=O) groups excluding carboxylic acids is 2. The first kappa shape index (κ1) is 23.2. The fourth-order valence-electron chi connectivity index (χ4n) is 4.15. The van der Waals surface area contributed by atoms with Crippen LogP contribution < -0.4 is 9.64 Å². The molecule has 174 valence electrons. The number of ether oxygens (including phenoxy) is 1. The largest absolute Gasteiger partial charge is 0.507 e. The molecule has 4 rings (SSSR count). The second-order valence-electron chi connectivity index (χ2n) is 8.59. The molecule has 3 aromatic rings. The first-order valence-corrected chi connectivity index (χ1v) is 11.4. The van der Waals surface area contributed by atoms with Gasteiger partial charge in [0.25, 0.3) is 11.7 Å². The molecule has 34 heavy (non-hydrogen) atoms. The molecule has 6 nitrogen and oxygen atoms in total. The molecule has 1 unspecified atom stereocenters. The molecule has 2 aromatic carbocycles. The van der Waals surface area contributed by atoms with Crippen molar-refractivity contribution in [3.63, 3.8) is 0 Å². The highest BCUT2D eigenvalue weighted by atomic mass is 16.5. The van der Waals surface area contributed by atoms with E-state index in [2.05, 4.69) is 11.9 Å². The summed E-state index contributed by atoms with van der Waals surface area (Å²) >= 11 is 0. The van der Waals surface area contributed by atoms with Gasteiger partial charge in [-0.2, -0.15) is 0 Å². The van der Waals surface area contributed by atoms with Gasteiger partial charge in [-0.05, 0) is 80.8 Å². The molecule has 0 bridgehead atoms. The number of aryl methyl sites for hydroxylation is 2. The van der Waals surface area contributed by atoms with Crippen LogP contribution in [0.15, 0.2) is 72.4 Å². The number of ketones is 1. The molecule has 1 fully saturated rings. The third-order valence-electron chi connectivity index (χ3n) is 5.85. The molecular formula is C28H28N2O4. The molecule has 6 heteroatoms. The molecule has 0 radical (unpaired) electrons. The van der Waals surface area contributed by atoms with Gasteiger partial charge in [0.2, 0.25) is 0 Å². The summed E-state index contributed by atoms with van der Waals surface area (Å²) in [5.41, 5.74) is 3.46. The fraction of sp³-hybridized carbons (Fsp3) is 0.250. The zero-order valence-corrected chi connectivity index (χ0v) is 19.8. The van der Waals surface area contributed by atoms with Gasteiger partial charge in [-0.25, -0.2) is 0 Å². The summed E-state index contributed by atoms with van der Waals surface area (Å²) in [5, 5.41) is 11.3. The van der Waals surface area contributed by atoms with Crippen molar-refractivity contribution in [2.24, 2.45) is 0 Å². The van der Waals surface area contributed by atoms with Crippen LogP contribution in [-0.4, -0.2) is 27.9 Å². The van der Waals surface area contributed by atoms with E-state index < -0.39 is 17.7 Å². The smallest absolute Gasteiger partial charge is 0.300 e. The van der Waals surface area contributed by atoms with E-state index in [0.29, 0.717) is 22.7 Å². The summed E-state index contributed by atoms with van der Waals surface area (Å²) < 4.78 is 5.79. The Balaban J connectivity index is 1.86. The number of anilines is 1. The average Bonchev–Trinajstić information content (AvgIpc) is 3.10. The summed E-state index contributed by atoms with van der Waals surface area (Å²) in [6, 6.07) is 17.2. The Morgan fingerprint density at radius 2 is 1.82 bits per heavy atom. The van der Waals surface area contributed by atoms with Crippen molar-refractivity contribution in [2.45, 2.75) is 46.3 Å². The highest BCUT2D eigenvalue weighted by molar-refractivity contribution is 6.51. The third kappa shape index (κ3) is 4.31. The number of benzene rings is 2. The van der Waals surface area contributed by atoms with Crippen molar-refractivity contribution in [1.82, 2.24) is 4.98 Å². The minimum Gasteiger partial charge on any atom is -0.507 e. The Bertz CT molecular complexity index is 1250. The second-order valence-corrected chi connectivity index (χ2v) is 8.59. The van der Waals surface area contributed by atoms with E-state index in [1.165, 1.54) is 4.90 Å². The number of aliphatic hydroxyl groups excluding tert-OH is 1. The number of hydrogen-bond acceptors (Lipinski definition) is 5. The van der Waals surface area contributed by atoms with E-state index in [-0.39, 0.29) is 17.4 Å². The SMILES string of the molecule is CCc1ccc(N2C(=O)C(=O)/C(=C(\O)c3ccc(OC(C)C)c(C)c3)C2c2ccccn2)cc1. The van der Waals surface area contributed by atoms with Crippen LogP contribution in [0.25, 0.3) is 5.76 Å². The lowest BCUT2D eigenvalue weighted by Gasteiger charge is -2.24. The predicted octanol–water partition coefficient (Wildman–Crippen LogP) is 5.37. The normalized spacial score (nSPS) is 17.4. The van der Waals surface area contributed by atoms with Crippen molar-refractivity contribution in [3.05, 3.63) is 94.8 Å². The molecule has 1 saturated heterocycles. The van der Waals surface area contributed by atoms with Gasteiger partial charge in [-0.15, -0.1) is 0 Å². The Hall–Kier alpha value is -3.93. The number of aliphatic hydroxyl groups is 1. The van der Waals surface area contributed by atoms with Crippen LogP contribution in [0.3, 0.4) is 0 Å². The minimum absolute atomic E-state index is 0.00623. The molecule has 2 heterocycles. The van der Waals surface area contributed by atoms with Gasteiger partial charge in [-0.3, -0.25) is 19.5 Å². The molecule has 1 aromatic heterocycles. The van der Waals surface area contributed by atoms with Gasteiger partial charge in [0.1, 0.15) is 17.6 Å². The monoisotopic (exact) mass is 456 g/mol. The molecule has 0 aliphatic carbocycles. The van der Waals surface area contributed by atoms with Crippen molar-refractivity contribution >= 4 is 23.1 Å². The number of pyridine rings is 1. The van der Waals surface area contributed by atoms with Gasteiger partial charge in [0.15, 0.2) is 0 Å². The lowest BCUT2D eigenvalue weighted by Crippen LogP contribution is -2.29. The van der Waals surface area contributed by atoms with Crippen molar-refractivity contribution in [2.75, 3.05) is 4.90 Å². The quantitative estimate of drug-likeness (QED) is 0.307. The summed E-state index contributed by atoms with van der Waals surface area (Å²) in [7, 11) is 0. The Morgan fingerprint density at radius 1 is 1.09 bits per heavy atom. The van der Waals surface area contributed by atoms with Gasteiger partial charge in [0, 0.05) is 17.4 Å². The molecule has 1 N–H and O–H groups in total. The number of rotatable bonds is 6. The van der Waals surface area contributed by atoms with Gasteiger partial charge in [0.05, 0.1) is 17.4 Å². The van der Waals surface area contributed by atoms with Crippen molar-refractivity contribution < 1.29 is 19.4 Å². The highest BCUT2D eigenvalue weighted by Gasteiger charge is 2.47. The van der Waals surface area contributed by atoms with E-state index in [1.54, 1.807) is 42.6 Å². The van der Waals surface area contributed by atoms with E-state index in [0.717, 1.165) is 17.5 Å². The summed E-state index contributed by atoms with van der Waals surface area (Å²) in [4.78, 5) is 32.3. The zero-order chi connectivity index (χ0) is 24.4. The Morgan fingerprint density at radius 3 is 2.41 bits per heavy atom. The van der Waals surface area contributed by atoms with E-state index in [1.807, 2.05) is 45.0 Å². The van der Waals surface area contributed by atoms with Crippen LogP contribution in [0, 0.1) is 6.92 Å². The van der Waals surface area contributed by atoms with Gasteiger partial charge >= 0.3 is 0 Å². The van der Waals surface area contributed by atoms with Crippen LogP contribution in [0.5, 0.6) is 5.75 Å². The number of aromatic nitrogens is 1. The summed E-state index contributed by atoms with van der Waals surface area (Å²) in [6.07, 6.45) is 2.47. The number of Topliss-reactive ketones (excluding diaryl/α,β-unsaturated/α-hetero) is 1.